The summed E-state index contributed by atoms with van der Waals surface area (Å²) in [5, 5.41) is 7.10. The van der Waals surface area contributed by atoms with E-state index in [9.17, 15) is 4.79 Å². The smallest absolute Gasteiger partial charge is 0.317 e. The molecule has 1 fully saturated rings. The van der Waals surface area contributed by atoms with E-state index >= 15 is 0 Å². The molecule has 0 bridgehead atoms. The summed E-state index contributed by atoms with van der Waals surface area (Å²) >= 11 is 0. The number of anilines is 1. The van der Waals surface area contributed by atoms with Gasteiger partial charge in [0.05, 0.1) is 31.2 Å². The summed E-state index contributed by atoms with van der Waals surface area (Å²) < 4.78 is 6.87. The fourth-order valence-corrected chi connectivity index (χ4v) is 2.69. The van der Waals surface area contributed by atoms with Gasteiger partial charge in [-0.05, 0) is 6.07 Å². The van der Waals surface area contributed by atoms with Crippen molar-refractivity contribution in [2.24, 2.45) is 7.05 Å². The Kier molecular flexibility index (Phi) is 4.83. The zero-order chi connectivity index (χ0) is 16.9. The topological polar surface area (TPSA) is 75.5 Å². The molecule has 1 aliphatic heterocycles. The summed E-state index contributed by atoms with van der Waals surface area (Å²) in [6.45, 7) is 3.37. The molecule has 1 N–H and O–H groups in total. The van der Waals surface area contributed by atoms with Crippen LogP contribution < -0.4 is 15.0 Å². The Morgan fingerprint density at radius 3 is 2.75 bits per heavy atom. The summed E-state index contributed by atoms with van der Waals surface area (Å²) in [6.07, 6.45) is 3.84. The van der Waals surface area contributed by atoms with Gasteiger partial charge in [0.15, 0.2) is 0 Å². The summed E-state index contributed by atoms with van der Waals surface area (Å²) in [7, 11) is 3.48. The number of amides is 2. The van der Waals surface area contributed by atoms with Crippen molar-refractivity contribution in [3.8, 4) is 5.88 Å². The van der Waals surface area contributed by atoms with Crippen molar-refractivity contribution >= 4 is 11.7 Å². The van der Waals surface area contributed by atoms with Crippen LogP contribution in [-0.4, -0.2) is 59.0 Å². The van der Waals surface area contributed by atoms with Gasteiger partial charge in [-0.3, -0.25) is 4.68 Å². The second-order valence-electron chi connectivity index (χ2n) is 5.68. The highest BCUT2D eigenvalue weighted by molar-refractivity contribution is 5.74. The van der Waals surface area contributed by atoms with Gasteiger partial charge in [0.2, 0.25) is 5.88 Å². The van der Waals surface area contributed by atoms with Crippen molar-refractivity contribution < 1.29 is 9.53 Å². The molecular weight excluding hydrogens is 308 g/mol. The normalized spacial score (nSPS) is 14.6. The SMILES string of the molecule is COc1cccc(CNC(=O)N2CCN(c3cnn(C)c3)CC2)n1. The van der Waals surface area contributed by atoms with Gasteiger partial charge in [0, 0.05) is 45.5 Å². The van der Waals surface area contributed by atoms with Crippen LogP contribution in [0.5, 0.6) is 5.88 Å². The van der Waals surface area contributed by atoms with Crippen LogP contribution in [0.3, 0.4) is 0 Å². The summed E-state index contributed by atoms with van der Waals surface area (Å²) in [5.41, 5.74) is 1.87. The first-order valence-electron chi connectivity index (χ1n) is 7.92. The Bertz CT molecular complexity index is 693. The number of piperazine rings is 1. The predicted octanol–water partition coefficient (Wildman–Crippen LogP) is 0.855. The van der Waals surface area contributed by atoms with Crippen molar-refractivity contribution in [3.63, 3.8) is 0 Å². The monoisotopic (exact) mass is 330 g/mol. The van der Waals surface area contributed by atoms with Gasteiger partial charge in [-0.2, -0.15) is 5.10 Å². The minimum atomic E-state index is -0.0644. The van der Waals surface area contributed by atoms with Crippen molar-refractivity contribution in [1.29, 1.82) is 0 Å². The molecule has 24 heavy (non-hydrogen) atoms. The number of methoxy groups -OCH3 is 1. The van der Waals surface area contributed by atoms with Gasteiger partial charge in [0.25, 0.3) is 0 Å². The highest BCUT2D eigenvalue weighted by Crippen LogP contribution is 2.15. The summed E-state index contributed by atoms with van der Waals surface area (Å²) in [5.74, 6) is 0.548. The first-order chi connectivity index (χ1) is 11.7. The number of rotatable bonds is 4. The third kappa shape index (κ3) is 3.76. The van der Waals surface area contributed by atoms with Gasteiger partial charge >= 0.3 is 6.03 Å². The third-order valence-corrected chi connectivity index (χ3v) is 4.03. The summed E-state index contributed by atoms with van der Waals surface area (Å²) in [6, 6.07) is 5.44. The highest BCUT2D eigenvalue weighted by Gasteiger charge is 2.21. The molecular formula is C16H22N6O2. The van der Waals surface area contributed by atoms with Gasteiger partial charge in [0.1, 0.15) is 0 Å². The number of nitrogens with zero attached hydrogens (tertiary/aromatic N) is 5. The van der Waals surface area contributed by atoms with Gasteiger partial charge in [-0.15, -0.1) is 0 Å². The number of nitrogens with one attached hydrogen (secondary N) is 1. The third-order valence-electron chi connectivity index (χ3n) is 4.03. The molecule has 3 heterocycles. The number of carbonyl (C=O) groups is 1. The van der Waals surface area contributed by atoms with Crippen molar-refractivity contribution in [2.45, 2.75) is 6.54 Å². The molecule has 8 heteroatoms. The largest absolute Gasteiger partial charge is 0.481 e. The average molecular weight is 330 g/mol. The van der Waals surface area contributed by atoms with Crippen LogP contribution in [0.4, 0.5) is 10.5 Å². The molecule has 128 valence electrons. The fraction of sp³-hybridized carbons (Fsp3) is 0.438. The number of carbonyl (C=O) groups excluding carboxylic acids is 1. The molecule has 1 saturated heterocycles. The number of hydrogen-bond donors (Lipinski definition) is 1. The van der Waals surface area contributed by atoms with Gasteiger partial charge in [-0.1, -0.05) is 6.07 Å². The van der Waals surface area contributed by atoms with E-state index in [-0.39, 0.29) is 6.03 Å². The molecule has 0 saturated carbocycles. The predicted molar refractivity (Wildman–Crippen MR) is 90.0 cm³/mol. The van der Waals surface area contributed by atoms with Crippen molar-refractivity contribution in [1.82, 2.24) is 25.0 Å². The van der Waals surface area contributed by atoms with Crippen LogP contribution in [0.25, 0.3) is 0 Å². The van der Waals surface area contributed by atoms with E-state index in [1.54, 1.807) is 17.9 Å². The van der Waals surface area contributed by atoms with E-state index < -0.39 is 0 Å². The number of hydrogen-bond acceptors (Lipinski definition) is 5. The lowest BCUT2D eigenvalue weighted by Gasteiger charge is -2.35. The Morgan fingerprint density at radius 2 is 2.08 bits per heavy atom. The molecule has 2 amide bonds. The maximum Gasteiger partial charge on any atom is 0.317 e. The minimum absolute atomic E-state index is 0.0644. The maximum absolute atomic E-state index is 12.3. The van der Waals surface area contributed by atoms with Gasteiger partial charge in [-0.25, -0.2) is 9.78 Å². The van der Waals surface area contributed by atoms with Crippen LogP contribution in [0, 0.1) is 0 Å². The number of ether oxygens (including phenoxy) is 1. The number of aryl methyl sites for hydroxylation is 1. The Morgan fingerprint density at radius 1 is 1.29 bits per heavy atom. The minimum Gasteiger partial charge on any atom is -0.481 e. The fourth-order valence-electron chi connectivity index (χ4n) is 2.69. The molecule has 0 spiro atoms. The first kappa shape index (κ1) is 16.1. The van der Waals surface area contributed by atoms with Crippen LogP contribution >= 0.6 is 0 Å². The molecule has 2 aromatic heterocycles. The Labute approximate surface area is 141 Å². The molecule has 0 atom stereocenters. The lowest BCUT2D eigenvalue weighted by molar-refractivity contribution is 0.193. The van der Waals surface area contributed by atoms with Gasteiger partial charge < -0.3 is 19.9 Å². The molecule has 0 aromatic carbocycles. The molecule has 2 aromatic rings. The van der Waals surface area contributed by atoms with Crippen LogP contribution in [-0.2, 0) is 13.6 Å². The molecule has 3 rings (SSSR count). The number of pyridine rings is 1. The van der Waals surface area contributed by atoms with Crippen molar-refractivity contribution in [3.05, 3.63) is 36.3 Å². The van der Waals surface area contributed by atoms with E-state index in [0.29, 0.717) is 25.5 Å². The second-order valence-corrected chi connectivity index (χ2v) is 5.68. The average Bonchev–Trinajstić information content (AvgIpc) is 3.06. The zero-order valence-electron chi connectivity index (χ0n) is 14.0. The molecule has 1 aliphatic rings. The standard InChI is InChI=1S/C16H22N6O2/c1-20-12-14(11-18-20)21-6-8-22(9-7-21)16(23)17-10-13-4-3-5-15(19-13)24-2/h3-5,11-12H,6-10H2,1-2H3,(H,17,23). The highest BCUT2D eigenvalue weighted by atomic mass is 16.5. The second kappa shape index (κ2) is 7.20. The molecule has 0 radical (unpaired) electrons. The number of aromatic nitrogens is 3. The zero-order valence-corrected chi connectivity index (χ0v) is 14.0. The van der Waals surface area contributed by atoms with E-state index in [0.717, 1.165) is 24.5 Å². The van der Waals surface area contributed by atoms with Crippen LogP contribution in [0.1, 0.15) is 5.69 Å². The molecule has 0 unspecified atom stereocenters. The first-order valence-corrected chi connectivity index (χ1v) is 7.92. The van der Waals surface area contributed by atoms with E-state index in [1.807, 2.05) is 36.5 Å². The lowest BCUT2D eigenvalue weighted by atomic mass is 10.3. The van der Waals surface area contributed by atoms with E-state index in [2.05, 4.69) is 20.3 Å². The van der Waals surface area contributed by atoms with E-state index in [4.69, 9.17) is 4.74 Å². The number of urea groups is 1. The van der Waals surface area contributed by atoms with E-state index in [1.165, 1.54) is 0 Å². The molecule has 0 aliphatic carbocycles. The van der Waals surface area contributed by atoms with Crippen molar-refractivity contribution in [2.75, 3.05) is 38.2 Å². The lowest BCUT2D eigenvalue weighted by Crippen LogP contribution is -2.51. The summed E-state index contributed by atoms with van der Waals surface area (Å²) in [4.78, 5) is 20.6. The Balaban J connectivity index is 1.48. The maximum atomic E-state index is 12.3. The quantitative estimate of drug-likeness (QED) is 0.900. The van der Waals surface area contributed by atoms with Crippen LogP contribution in [0.2, 0.25) is 0 Å². The molecule has 8 nitrogen and oxygen atoms in total. The Hall–Kier alpha value is -2.77. The van der Waals surface area contributed by atoms with Crippen LogP contribution in [0.15, 0.2) is 30.6 Å².